The maximum atomic E-state index is 11.3. The molecule has 0 spiro atoms. The summed E-state index contributed by atoms with van der Waals surface area (Å²) in [6, 6.07) is 0. The maximum Gasteiger partial charge on any atom is 0.145 e. The van der Waals surface area contributed by atoms with E-state index < -0.39 is 22.6 Å². The first-order valence-corrected chi connectivity index (χ1v) is 3.12. The first-order valence-electron chi connectivity index (χ1n) is 1.88. The van der Waals surface area contributed by atoms with E-state index in [4.69, 9.17) is 0 Å². The fraction of sp³-hybridized carbons (Fsp3) is 1.00. The van der Waals surface area contributed by atoms with Crippen molar-refractivity contribution in [1.29, 1.82) is 0 Å². The Morgan fingerprint density at radius 2 is 2.14 bits per heavy atom. The molecule has 0 aromatic carbocycles. The van der Waals surface area contributed by atoms with Crippen LogP contribution in [-0.2, 0) is 10.7 Å². The minimum Gasteiger partial charge on any atom is -0.250 e. The van der Waals surface area contributed by atoms with Gasteiger partial charge in [0.1, 0.15) is 17.4 Å². The number of alkyl halides is 1. The van der Waals surface area contributed by atoms with Crippen LogP contribution in [0.4, 0.5) is 4.39 Å². The zero-order chi connectivity index (χ0) is 5.86. The SMILES string of the molecule is CC(CF)[SH](=O)=O. The van der Waals surface area contributed by atoms with Crippen molar-refractivity contribution in [3.8, 4) is 0 Å². The second kappa shape index (κ2) is 2.96. The van der Waals surface area contributed by atoms with Crippen LogP contribution >= 0.6 is 0 Å². The molecule has 0 aliphatic carbocycles. The second-order valence-corrected chi connectivity index (χ2v) is 2.74. The first-order chi connectivity index (χ1) is 3.18. The summed E-state index contributed by atoms with van der Waals surface area (Å²) in [4.78, 5) is 0. The fourth-order valence-corrected chi connectivity index (χ4v) is 0.169. The molecule has 0 bridgehead atoms. The van der Waals surface area contributed by atoms with E-state index in [-0.39, 0.29) is 0 Å². The Hall–Kier alpha value is -0.120. The molecule has 0 rings (SSSR count). The van der Waals surface area contributed by atoms with Gasteiger partial charge in [0, 0.05) is 0 Å². The topological polar surface area (TPSA) is 34.1 Å². The van der Waals surface area contributed by atoms with Crippen molar-refractivity contribution in [2.24, 2.45) is 0 Å². The summed E-state index contributed by atoms with van der Waals surface area (Å²) >= 11 is 0. The molecule has 44 valence electrons. The molecule has 0 heterocycles. The summed E-state index contributed by atoms with van der Waals surface area (Å²) in [5.74, 6) is 0. The van der Waals surface area contributed by atoms with Gasteiger partial charge in [0.2, 0.25) is 0 Å². The molecule has 0 aromatic rings. The van der Waals surface area contributed by atoms with E-state index in [1.807, 2.05) is 0 Å². The Morgan fingerprint density at radius 3 is 2.14 bits per heavy atom. The van der Waals surface area contributed by atoms with E-state index in [9.17, 15) is 12.8 Å². The summed E-state index contributed by atoms with van der Waals surface area (Å²) in [7, 11) is -2.54. The molecule has 0 saturated carbocycles. The number of hydrogen-bond acceptors (Lipinski definition) is 2. The van der Waals surface area contributed by atoms with E-state index in [0.29, 0.717) is 0 Å². The van der Waals surface area contributed by atoms with Gasteiger partial charge in [0.05, 0.1) is 5.25 Å². The number of rotatable bonds is 2. The molecule has 0 aliphatic heterocycles. The molecule has 0 N–H and O–H groups in total. The van der Waals surface area contributed by atoms with E-state index in [1.54, 1.807) is 0 Å². The van der Waals surface area contributed by atoms with Crippen molar-refractivity contribution in [3.05, 3.63) is 0 Å². The Balaban J connectivity index is 3.57. The summed E-state index contributed by atoms with van der Waals surface area (Å²) in [6.45, 7) is 0.546. The zero-order valence-corrected chi connectivity index (χ0v) is 4.82. The molecular weight excluding hydrogens is 119 g/mol. The lowest BCUT2D eigenvalue weighted by Crippen LogP contribution is -2.04. The minimum atomic E-state index is -2.54. The molecule has 0 aliphatic rings. The van der Waals surface area contributed by atoms with E-state index in [1.165, 1.54) is 6.92 Å². The summed E-state index contributed by atoms with van der Waals surface area (Å²) in [5, 5.41) is -0.810. The largest absolute Gasteiger partial charge is 0.250 e. The van der Waals surface area contributed by atoms with Gasteiger partial charge >= 0.3 is 0 Å². The van der Waals surface area contributed by atoms with Crippen molar-refractivity contribution in [2.45, 2.75) is 12.2 Å². The highest BCUT2D eigenvalue weighted by Crippen LogP contribution is 1.85. The molecule has 1 unspecified atom stereocenters. The molecule has 0 saturated heterocycles. The molecule has 0 amide bonds. The summed E-state index contributed by atoms with van der Waals surface area (Å²) in [6.07, 6.45) is 0. The molecule has 1 atom stereocenters. The van der Waals surface area contributed by atoms with Crippen molar-refractivity contribution in [1.82, 2.24) is 0 Å². The third-order valence-corrected chi connectivity index (χ3v) is 1.44. The van der Waals surface area contributed by atoms with Crippen LogP contribution < -0.4 is 0 Å². The van der Waals surface area contributed by atoms with Crippen LogP contribution in [-0.4, -0.2) is 20.3 Å². The molecule has 0 aromatic heterocycles. The van der Waals surface area contributed by atoms with Crippen LogP contribution in [0.3, 0.4) is 0 Å². The Bertz CT molecular complexity index is 102. The molecule has 2 nitrogen and oxygen atoms in total. The molecule has 0 radical (unpaired) electrons. The average molecular weight is 126 g/mol. The van der Waals surface area contributed by atoms with Crippen LogP contribution in [0, 0.1) is 0 Å². The first kappa shape index (κ1) is 6.88. The lowest BCUT2D eigenvalue weighted by Gasteiger charge is -1.88. The van der Waals surface area contributed by atoms with E-state index >= 15 is 0 Å². The molecule has 4 heteroatoms. The number of hydrogen-bond donors (Lipinski definition) is 1. The Kier molecular flexibility index (Phi) is 2.91. The highest BCUT2D eigenvalue weighted by Gasteiger charge is 1.99. The van der Waals surface area contributed by atoms with Crippen LogP contribution in [0.2, 0.25) is 0 Å². The Morgan fingerprint density at radius 1 is 1.71 bits per heavy atom. The average Bonchev–Trinajstić information content (AvgIpc) is 1.65. The predicted molar refractivity (Wildman–Crippen MR) is 25.8 cm³/mol. The number of thiol groups is 1. The van der Waals surface area contributed by atoms with Gasteiger partial charge in [-0.3, -0.25) is 0 Å². The maximum absolute atomic E-state index is 11.3. The highest BCUT2D eigenvalue weighted by molar-refractivity contribution is 7.73. The van der Waals surface area contributed by atoms with Gasteiger partial charge in [-0.1, -0.05) is 0 Å². The smallest absolute Gasteiger partial charge is 0.145 e. The van der Waals surface area contributed by atoms with Crippen LogP contribution in [0.15, 0.2) is 0 Å². The van der Waals surface area contributed by atoms with Crippen molar-refractivity contribution >= 4 is 10.7 Å². The van der Waals surface area contributed by atoms with E-state index in [2.05, 4.69) is 0 Å². The van der Waals surface area contributed by atoms with Gasteiger partial charge in [0.15, 0.2) is 0 Å². The lowest BCUT2D eigenvalue weighted by atomic mass is 10.5. The number of halogens is 1. The monoisotopic (exact) mass is 126 g/mol. The van der Waals surface area contributed by atoms with Crippen molar-refractivity contribution in [2.75, 3.05) is 6.67 Å². The quantitative estimate of drug-likeness (QED) is 0.526. The van der Waals surface area contributed by atoms with Gasteiger partial charge in [-0.15, -0.1) is 0 Å². The van der Waals surface area contributed by atoms with Gasteiger partial charge in [-0.05, 0) is 6.92 Å². The van der Waals surface area contributed by atoms with Crippen LogP contribution in [0.1, 0.15) is 6.92 Å². The lowest BCUT2D eigenvalue weighted by molar-refractivity contribution is 0.481. The van der Waals surface area contributed by atoms with Crippen LogP contribution in [0.5, 0.6) is 0 Å². The van der Waals surface area contributed by atoms with E-state index in [0.717, 1.165) is 0 Å². The van der Waals surface area contributed by atoms with Crippen molar-refractivity contribution < 1.29 is 12.8 Å². The Labute approximate surface area is 43.3 Å². The standard InChI is InChI=1S/C3H7FO2S/c1-3(2-4)7(5)6/h3,7H,2H2,1H3. The molecule has 7 heavy (non-hydrogen) atoms. The fourth-order valence-electron chi connectivity index (χ4n) is 0.0563. The van der Waals surface area contributed by atoms with Gasteiger partial charge < -0.3 is 0 Å². The molecule has 0 fully saturated rings. The third kappa shape index (κ3) is 2.56. The summed E-state index contributed by atoms with van der Waals surface area (Å²) < 4.78 is 30.7. The van der Waals surface area contributed by atoms with Gasteiger partial charge in [0.25, 0.3) is 0 Å². The van der Waals surface area contributed by atoms with Crippen molar-refractivity contribution in [3.63, 3.8) is 0 Å². The zero-order valence-electron chi connectivity index (χ0n) is 3.93. The van der Waals surface area contributed by atoms with Gasteiger partial charge in [-0.25, -0.2) is 12.8 Å². The molecular formula is C3H7FO2S. The minimum absolute atomic E-state index is 0.779. The predicted octanol–water partition coefficient (Wildman–Crippen LogP) is -0.0442. The van der Waals surface area contributed by atoms with Gasteiger partial charge in [-0.2, -0.15) is 0 Å². The second-order valence-electron chi connectivity index (χ2n) is 1.29. The highest BCUT2D eigenvalue weighted by atomic mass is 32.2. The van der Waals surface area contributed by atoms with Crippen LogP contribution in [0.25, 0.3) is 0 Å². The third-order valence-electron chi connectivity index (χ3n) is 0.583. The normalized spacial score (nSPS) is 14.7. The summed E-state index contributed by atoms with van der Waals surface area (Å²) in [5.41, 5.74) is 0.